The maximum Gasteiger partial charge on any atom is 0.134 e. The lowest BCUT2D eigenvalue weighted by Crippen LogP contribution is -1.96. The average molecular weight is 370 g/mol. The first-order valence-corrected chi connectivity index (χ1v) is 8.49. The number of fused-ring (bicyclic) bond motifs is 1. The third kappa shape index (κ3) is 3.15. The van der Waals surface area contributed by atoms with Crippen molar-refractivity contribution in [3.05, 3.63) is 70.0 Å². The molecule has 116 valence electrons. The molecule has 0 N–H and O–H groups in total. The maximum atomic E-state index is 5.86. The lowest BCUT2D eigenvalue weighted by atomic mass is 10.1. The van der Waals surface area contributed by atoms with Crippen molar-refractivity contribution in [1.29, 1.82) is 0 Å². The van der Waals surface area contributed by atoms with Crippen LogP contribution in [0.3, 0.4) is 0 Å². The van der Waals surface area contributed by atoms with Gasteiger partial charge in [-0.1, -0.05) is 27.2 Å². The standard InChI is InChI=1S/C18H16BrN3O/c19-15-5-7-17(8-6-15)22-11-16(20-21-22)12-23-18-9-4-13-2-1-3-14(13)10-18/h4-11H,1-3,12H2. The number of rotatable bonds is 4. The summed E-state index contributed by atoms with van der Waals surface area (Å²) in [5.41, 5.74) is 4.66. The van der Waals surface area contributed by atoms with Gasteiger partial charge < -0.3 is 4.74 Å². The number of hydrogen-bond donors (Lipinski definition) is 0. The van der Waals surface area contributed by atoms with Crippen molar-refractivity contribution in [2.24, 2.45) is 0 Å². The van der Waals surface area contributed by atoms with Crippen LogP contribution >= 0.6 is 15.9 Å². The smallest absolute Gasteiger partial charge is 0.134 e. The average Bonchev–Trinajstić information content (AvgIpc) is 3.22. The maximum absolute atomic E-state index is 5.86. The van der Waals surface area contributed by atoms with Crippen LogP contribution in [0.1, 0.15) is 23.2 Å². The van der Waals surface area contributed by atoms with E-state index in [1.807, 2.05) is 36.5 Å². The molecule has 0 unspecified atom stereocenters. The molecule has 3 aromatic rings. The fraction of sp³-hybridized carbons (Fsp3) is 0.222. The van der Waals surface area contributed by atoms with E-state index in [-0.39, 0.29) is 0 Å². The monoisotopic (exact) mass is 369 g/mol. The summed E-state index contributed by atoms with van der Waals surface area (Å²) < 4.78 is 8.66. The fourth-order valence-electron chi connectivity index (χ4n) is 2.88. The quantitative estimate of drug-likeness (QED) is 0.694. The lowest BCUT2D eigenvalue weighted by Gasteiger charge is -2.06. The van der Waals surface area contributed by atoms with Crippen molar-refractivity contribution in [2.45, 2.75) is 25.9 Å². The zero-order valence-electron chi connectivity index (χ0n) is 12.6. The van der Waals surface area contributed by atoms with Gasteiger partial charge in [-0.25, -0.2) is 4.68 Å². The van der Waals surface area contributed by atoms with Gasteiger partial charge in [0.1, 0.15) is 18.1 Å². The van der Waals surface area contributed by atoms with E-state index in [0.717, 1.165) is 28.0 Å². The summed E-state index contributed by atoms with van der Waals surface area (Å²) in [5.74, 6) is 0.906. The van der Waals surface area contributed by atoms with E-state index in [1.165, 1.54) is 24.0 Å². The van der Waals surface area contributed by atoms with Gasteiger partial charge in [-0.15, -0.1) is 5.10 Å². The molecule has 1 aliphatic carbocycles. The van der Waals surface area contributed by atoms with Crippen LogP contribution in [0.5, 0.6) is 5.75 Å². The minimum Gasteiger partial charge on any atom is -0.487 e. The Morgan fingerprint density at radius 2 is 1.87 bits per heavy atom. The second-order valence-corrected chi connectivity index (χ2v) is 6.62. The van der Waals surface area contributed by atoms with Crippen LogP contribution in [0.15, 0.2) is 53.1 Å². The Morgan fingerprint density at radius 3 is 2.74 bits per heavy atom. The molecule has 23 heavy (non-hydrogen) atoms. The van der Waals surface area contributed by atoms with Gasteiger partial charge in [-0.05, 0) is 66.8 Å². The first kappa shape index (κ1) is 14.5. The summed E-state index contributed by atoms with van der Waals surface area (Å²) in [7, 11) is 0. The van der Waals surface area contributed by atoms with Crippen LogP contribution in [0.4, 0.5) is 0 Å². The van der Waals surface area contributed by atoms with Crippen molar-refractivity contribution in [3.63, 3.8) is 0 Å². The third-order valence-corrected chi connectivity index (χ3v) is 4.62. The molecule has 5 heteroatoms. The molecule has 0 atom stereocenters. The first-order chi connectivity index (χ1) is 11.3. The van der Waals surface area contributed by atoms with Crippen molar-refractivity contribution < 1.29 is 4.74 Å². The Labute approximate surface area is 143 Å². The molecule has 2 aromatic carbocycles. The van der Waals surface area contributed by atoms with E-state index in [2.05, 4.69) is 38.4 Å². The second kappa shape index (κ2) is 6.16. The number of aryl methyl sites for hydroxylation is 2. The second-order valence-electron chi connectivity index (χ2n) is 5.70. The van der Waals surface area contributed by atoms with Gasteiger partial charge in [0.25, 0.3) is 0 Å². The van der Waals surface area contributed by atoms with Crippen LogP contribution in [0.25, 0.3) is 5.69 Å². The Balaban J connectivity index is 1.44. The molecule has 0 aliphatic heterocycles. The lowest BCUT2D eigenvalue weighted by molar-refractivity contribution is 0.301. The zero-order valence-corrected chi connectivity index (χ0v) is 14.2. The predicted molar refractivity (Wildman–Crippen MR) is 91.9 cm³/mol. The third-order valence-electron chi connectivity index (χ3n) is 4.09. The largest absolute Gasteiger partial charge is 0.487 e. The Bertz CT molecular complexity index is 827. The Kier molecular flexibility index (Phi) is 3.87. The molecule has 0 saturated heterocycles. The van der Waals surface area contributed by atoms with Crippen molar-refractivity contribution in [2.75, 3.05) is 0 Å². The van der Waals surface area contributed by atoms with E-state index in [0.29, 0.717) is 6.61 Å². The van der Waals surface area contributed by atoms with Gasteiger partial charge in [0.2, 0.25) is 0 Å². The zero-order chi connectivity index (χ0) is 15.6. The van der Waals surface area contributed by atoms with E-state index in [9.17, 15) is 0 Å². The molecule has 0 bridgehead atoms. The molecule has 0 spiro atoms. The molecule has 0 saturated carbocycles. The van der Waals surface area contributed by atoms with Gasteiger partial charge in [0.05, 0.1) is 11.9 Å². The molecule has 0 amide bonds. The number of benzene rings is 2. The van der Waals surface area contributed by atoms with Crippen LogP contribution in [-0.2, 0) is 19.4 Å². The minimum absolute atomic E-state index is 0.426. The van der Waals surface area contributed by atoms with Gasteiger partial charge in [-0.3, -0.25) is 0 Å². The normalized spacial score (nSPS) is 13.1. The summed E-state index contributed by atoms with van der Waals surface area (Å²) in [6, 6.07) is 14.3. The Morgan fingerprint density at radius 1 is 1.04 bits per heavy atom. The number of nitrogens with zero attached hydrogens (tertiary/aromatic N) is 3. The highest BCUT2D eigenvalue weighted by Gasteiger charge is 2.11. The molecule has 1 aromatic heterocycles. The molecular formula is C18H16BrN3O. The summed E-state index contributed by atoms with van der Waals surface area (Å²) in [6.07, 6.45) is 5.50. The first-order valence-electron chi connectivity index (χ1n) is 7.70. The number of ether oxygens (including phenoxy) is 1. The van der Waals surface area contributed by atoms with Crippen LogP contribution in [-0.4, -0.2) is 15.0 Å². The van der Waals surface area contributed by atoms with E-state index >= 15 is 0 Å². The molecular weight excluding hydrogens is 354 g/mol. The molecule has 1 heterocycles. The summed E-state index contributed by atoms with van der Waals surface area (Å²) in [4.78, 5) is 0. The summed E-state index contributed by atoms with van der Waals surface area (Å²) in [6.45, 7) is 0.426. The predicted octanol–water partition coefficient (Wildman–Crippen LogP) is 4.10. The SMILES string of the molecule is Brc1ccc(-n2cc(COc3ccc4c(c3)CCC4)nn2)cc1. The highest BCUT2D eigenvalue weighted by molar-refractivity contribution is 9.10. The topological polar surface area (TPSA) is 39.9 Å². The van der Waals surface area contributed by atoms with E-state index in [1.54, 1.807) is 4.68 Å². The number of aromatic nitrogens is 3. The highest BCUT2D eigenvalue weighted by Crippen LogP contribution is 2.26. The van der Waals surface area contributed by atoms with Crippen molar-refractivity contribution in [1.82, 2.24) is 15.0 Å². The van der Waals surface area contributed by atoms with Crippen molar-refractivity contribution >= 4 is 15.9 Å². The summed E-state index contributed by atoms with van der Waals surface area (Å²) >= 11 is 3.43. The van der Waals surface area contributed by atoms with Gasteiger partial charge in [-0.2, -0.15) is 0 Å². The van der Waals surface area contributed by atoms with E-state index in [4.69, 9.17) is 4.74 Å². The van der Waals surface area contributed by atoms with Gasteiger partial charge >= 0.3 is 0 Å². The van der Waals surface area contributed by atoms with Crippen LogP contribution in [0.2, 0.25) is 0 Å². The Hall–Kier alpha value is -2.14. The molecule has 0 fully saturated rings. The molecule has 0 radical (unpaired) electrons. The molecule has 4 rings (SSSR count). The number of hydrogen-bond acceptors (Lipinski definition) is 3. The fourth-order valence-corrected chi connectivity index (χ4v) is 3.14. The molecule has 4 nitrogen and oxygen atoms in total. The van der Waals surface area contributed by atoms with Gasteiger partial charge in [0.15, 0.2) is 0 Å². The molecule has 1 aliphatic rings. The van der Waals surface area contributed by atoms with Crippen LogP contribution in [0, 0.1) is 0 Å². The van der Waals surface area contributed by atoms with Crippen molar-refractivity contribution in [3.8, 4) is 11.4 Å². The van der Waals surface area contributed by atoms with Crippen LogP contribution < -0.4 is 4.74 Å². The highest BCUT2D eigenvalue weighted by atomic mass is 79.9. The minimum atomic E-state index is 0.426. The van der Waals surface area contributed by atoms with Gasteiger partial charge in [0, 0.05) is 4.47 Å². The number of halogens is 1. The summed E-state index contributed by atoms with van der Waals surface area (Å²) in [5, 5.41) is 8.34. The van der Waals surface area contributed by atoms with E-state index < -0.39 is 0 Å².